The number of rotatable bonds is 3. The van der Waals surface area contributed by atoms with E-state index in [1.807, 2.05) is 32.0 Å². The molecule has 0 aliphatic carbocycles. The van der Waals surface area contributed by atoms with E-state index in [0.717, 1.165) is 53.9 Å². The lowest BCUT2D eigenvalue weighted by atomic mass is 10.1. The van der Waals surface area contributed by atoms with Crippen molar-refractivity contribution in [3.05, 3.63) is 35.2 Å². The van der Waals surface area contributed by atoms with Crippen molar-refractivity contribution in [3.8, 4) is 0 Å². The van der Waals surface area contributed by atoms with Gasteiger partial charge in [0.2, 0.25) is 0 Å². The molecule has 132 valence electrons. The molecule has 0 spiro atoms. The standard InChI is InChI=1S/C20H26N4O/c1-14-15(2)22-19-12-16(7-8-18(19)21-14)20(25)24-11-5-6-17(24)13-23-9-3-4-10-23/h7-8,12,17H,3-6,9-11,13H2,1-2H3. The average molecular weight is 338 g/mol. The van der Waals surface area contributed by atoms with Gasteiger partial charge in [0.15, 0.2) is 0 Å². The molecule has 1 atom stereocenters. The summed E-state index contributed by atoms with van der Waals surface area (Å²) in [5, 5.41) is 0. The van der Waals surface area contributed by atoms with Gasteiger partial charge in [0, 0.05) is 24.7 Å². The molecule has 25 heavy (non-hydrogen) atoms. The van der Waals surface area contributed by atoms with Crippen molar-refractivity contribution in [2.45, 2.75) is 45.6 Å². The maximum Gasteiger partial charge on any atom is 0.254 e. The van der Waals surface area contributed by atoms with E-state index in [1.165, 1.54) is 25.9 Å². The van der Waals surface area contributed by atoms with Gasteiger partial charge in [0.05, 0.1) is 22.4 Å². The highest BCUT2D eigenvalue weighted by Crippen LogP contribution is 2.24. The Morgan fingerprint density at radius 1 is 1.04 bits per heavy atom. The molecule has 5 heteroatoms. The Morgan fingerprint density at radius 3 is 2.52 bits per heavy atom. The van der Waals surface area contributed by atoms with Crippen LogP contribution in [-0.4, -0.2) is 57.9 Å². The maximum atomic E-state index is 13.1. The second kappa shape index (κ2) is 6.71. The Morgan fingerprint density at radius 2 is 1.76 bits per heavy atom. The number of aromatic nitrogens is 2. The van der Waals surface area contributed by atoms with Crippen LogP contribution in [0.4, 0.5) is 0 Å². The maximum absolute atomic E-state index is 13.1. The minimum Gasteiger partial charge on any atom is -0.334 e. The molecule has 2 aliphatic heterocycles. The Bertz CT molecular complexity index is 798. The van der Waals surface area contributed by atoms with Gasteiger partial charge >= 0.3 is 0 Å². The lowest BCUT2D eigenvalue weighted by Crippen LogP contribution is -2.42. The Balaban J connectivity index is 1.56. The number of carbonyl (C=O) groups excluding carboxylic acids is 1. The van der Waals surface area contributed by atoms with Gasteiger partial charge in [-0.3, -0.25) is 4.79 Å². The quantitative estimate of drug-likeness (QED) is 0.863. The van der Waals surface area contributed by atoms with Crippen LogP contribution in [0.25, 0.3) is 11.0 Å². The molecule has 2 aromatic rings. The molecule has 3 heterocycles. The summed E-state index contributed by atoms with van der Waals surface area (Å²) in [6.07, 6.45) is 4.81. The summed E-state index contributed by atoms with van der Waals surface area (Å²) in [7, 11) is 0. The monoisotopic (exact) mass is 338 g/mol. The molecule has 2 saturated heterocycles. The molecule has 1 unspecified atom stereocenters. The predicted molar refractivity (Wildman–Crippen MR) is 98.7 cm³/mol. The van der Waals surface area contributed by atoms with Gasteiger partial charge in [-0.05, 0) is 70.8 Å². The molecule has 1 aromatic heterocycles. The smallest absolute Gasteiger partial charge is 0.254 e. The highest BCUT2D eigenvalue weighted by atomic mass is 16.2. The number of amides is 1. The van der Waals surface area contributed by atoms with Gasteiger partial charge in [-0.2, -0.15) is 0 Å². The average Bonchev–Trinajstić information content (AvgIpc) is 3.27. The van der Waals surface area contributed by atoms with E-state index < -0.39 is 0 Å². The minimum absolute atomic E-state index is 0.142. The van der Waals surface area contributed by atoms with Gasteiger partial charge in [-0.1, -0.05) is 0 Å². The van der Waals surface area contributed by atoms with Crippen LogP contribution in [0, 0.1) is 13.8 Å². The topological polar surface area (TPSA) is 49.3 Å². The summed E-state index contributed by atoms with van der Waals surface area (Å²) in [6, 6.07) is 6.09. The van der Waals surface area contributed by atoms with Crippen molar-refractivity contribution in [2.24, 2.45) is 0 Å². The first-order valence-electron chi connectivity index (χ1n) is 9.40. The summed E-state index contributed by atoms with van der Waals surface area (Å²) in [6.45, 7) is 8.19. The largest absolute Gasteiger partial charge is 0.334 e. The summed E-state index contributed by atoms with van der Waals surface area (Å²) in [5.41, 5.74) is 4.26. The second-order valence-electron chi connectivity index (χ2n) is 7.40. The number of fused-ring (bicyclic) bond motifs is 1. The van der Waals surface area contributed by atoms with E-state index in [-0.39, 0.29) is 5.91 Å². The molecule has 1 amide bonds. The Labute approximate surface area is 149 Å². The number of benzene rings is 1. The van der Waals surface area contributed by atoms with E-state index in [4.69, 9.17) is 0 Å². The van der Waals surface area contributed by atoms with E-state index in [9.17, 15) is 4.79 Å². The third-order valence-electron chi connectivity index (χ3n) is 5.63. The highest BCUT2D eigenvalue weighted by Gasteiger charge is 2.31. The fourth-order valence-corrected chi connectivity index (χ4v) is 4.09. The summed E-state index contributed by atoms with van der Waals surface area (Å²) >= 11 is 0. The van der Waals surface area contributed by atoms with Crippen LogP contribution >= 0.6 is 0 Å². The lowest BCUT2D eigenvalue weighted by molar-refractivity contribution is 0.0709. The fraction of sp³-hybridized carbons (Fsp3) is 0.550. The van der Waals surface area contributed by atoms with Gasteiger partial charge in [-0.25, -0.2) is 9.97 Å². The molecule has 2 aliphatic rings. The van der Waals surface area contributed by atoms with Crippen molar-refractivity contribution >= 4 is 16.9 Å². The van der Waals surface area contributed by atoms with Gasteiger partial charge < -0.3 is 9.80 Å². The predicted octanol–water partition coefficient (Wildman–Crippen LogP) is 2.95. The van der Waals surface area contributed by atoms with Crippen LogP contribution in [-0.2, 0) is 0 Å². The molecule has 0 radical (unpaired) electrons. The Hall–Kier alpha value is -2.01. The minimum atomic E-state index is 0.142. The van der Waals surface area contributed by atoms with Crippen LogP contribution in [0.3, 0.4) is 0 Å². The fourth-order valence-electron chi connectivity index (χ4n) is 4.09. The van der Waals surface area contributed by atoms with Crippen molar-refractivity contribution in [2.75, 3.05) is 26.2 Å². The zero-order chi connectivity index (χ0) is 17.4. The molecule has 0 saturated carbocycles. The van der Waals surface area contributed by atoms with Crippen molar-refractivity contribution in [3.63, 3.8) is 0 Å². The van der Waals surface area contributed by atoms with E-state index >= 15 is 0 Å². The van der Waals surface area contributed by atoms with Crippen LogP contribution in [0.15, 0.2) is 18.2 Å². The summed E-state index contributed by atoms with van der Waals surface area (Å²) in [5.74, 6) is 0.142. The van der Waals surface area contributed by atoms with Crippen molar-refractivity contribution in [1.29, 1.82) is 0 Å². The summed E-state index contributed by atoms with van der Waals surface area (Å²) in [4.78, 5) is 26.8. The number of nitrogens with zero attached hydrogens (tertiary/aromatic N) is 4. The van der Waals surface area contributed by atoms with Crippen LogP contribution < -0.4 is 0 Å². The molecule has 0 N–H and O–H groups in total. The van der Waals surface area contributed by atoms with Crippen LogP contribution in [0.2, 0.25) is 0 Å². The molecular weight excluding hydrogens is 312 g/mol. The van der Waals surface area contributed by atoms with Gasteiger partial charge in [0.25, 0.3) is 5.91 Å². The van der Waals surface area contributed by atoms with Crippen molar-refractivity contribution < 1.29 is 4.79 Å². The number of hydrogen-bond acceptors (Lipinski definition) is 4. The molecular formula is C20H26N4O. The van der Waals surface area contributed by atoms with Crippen LogP contribution in [0.5, 0.6) is 0 Å². The summed E-state index contributed by atoms with van der Waals surface area (Å²) < 4.78 is 0. The number of carbonyl (C=O) groups is 1. The number of hydrogen-bond donors (Lipinski definition) is 0. The first kappa shape index (κ1) is 16.5. The van der Waals surface area contributed by atoms with Gasteiger partial charge in [-0.15, -0.1) is 0 Å². The molecule has 0 bridgehead atoms. The molecule has 5 nitrogen and oxygen atoms in total. The van der Waals surface area contributed by atoms with Crippen molar-refractivity contribution in [1.82, 2.24) is 19.8 Å². The van der Waals surface area contributed by atoms with Crippen LogP contribution in [0.1, 0.15) is 47.4 Å². The first-order chi connectivity index (χ1) is 12.1. The molecule has 4 rings (SSSR count). The van der Waals surface area contributed by atoms with E-state index in [1.54, 1.807) is 0 Å². The lowest BCUT2D eigenvalue weighted by Gasteiger charge is -2.28. The zero-order valence-electron chi connectivity index (χ0n) is 15.2. The van der Waals surface area contributed by atoms with E-state index in [0.29, 0.717) is 6.04 Å². The molecule has 2 fully saturated rings. The third-order valence-corrected chi connectivity index (χ3v) is 5.63. The highest BCUT2D eigenvalue weighted by molar-refractivity contribution is 5.97. The zero-order valence-corrected chi connectivity index (χ0v) is 15.2. The van der Waals surface area contributed by atoms with Gasteiger partial charge in [0.1, 0.15) is 0 Å². The Kier molecular flexibility index (Phi) is 4.42. The first-order valence-corrected chi connectivity index (χ1v) is 9.40. The normalized spacial score (nSPS) is 21.4. The number of likely N-dealkylation sites (tertiary alicyclic amines) is 2. The third kappa shape index (κ3) is 3.25. The number of aryl methyl sites for hydroxylation is 2. The van der Waals surface area contributed by atoms with E-state index in [2.05, 4.69) is 19.8 Å². The second-order valence-corrected chi connectivity index (χ2v) is 7.40. The molecule has 1 aromatic carbocycles. The SMILES string of the molecule is Cc1nc2ccc(C(=O)N3CCCC3CN3CCCC3)cc2nc1C.